The summed E-state index contributed by atoms with van der Waals surface area (Å²) in [5.41, 5.74) is 0.122. The molecule has 0 saturated heterocycles. The number of ketones is 1. The fourth-order valence-corrected chi connectivity index (χ4v) is 1.89. The molecule has 0 N–H and O–H groups in total. The summed E-state index contributed by atoms with van der Waals surface area (Å²) < 4.78 is 5.04. The Morgan fingerprint density at radius 3 is 2.52 bits per heavy atom. The topological polar surface area (TPSA) is 86.5 Å². The van der Waals surface area contributed by atoms with E-state index in [4.69, 9.17) is 4.74 Å². The van der Waals surface area contributed by atoms with Crippen LogP contribution >= 0.6 is 0 Å². The molecule has 0 heterocycles. The van der Waals surface area contributed by atoms with Gasteiger partial charge in [0, 0.05) is 17.2 Å². The van der Waals surface area contributed by atoms with Crippen molar-refractivity contribution in [1.82, 2.24) is 0 Å². The van der Waals surface area contributed by atoms with E-state index in [0.29, 0.717) is 17.6 Å². The molecular weight excluding hydrogens is 274 g/mol. The number of methoxy groups -OCH3 is 1. The summed E-state index contributed by atoms with van der Waals surface area (Å²) >= 11 is 0. The Morgan fingerprint density at radius 1 is 1.19 bits per heavy atom. The van der Waals surface area contributed by atoms with Gasteiger partial charge in [-0.15, -0.1) is 0 Å². The minimum Gasteiger partial charge on any atom is -0.497 e. The number of rotatable bonds is 5. The molecule has 0 radical (unpaired) electrons. The van der Waals surface area contributed by atoms with E-state index in [1.165, 1.54) is 19.2 Å². The predicted octanol–water partition coefficient (Wildman–Crippen LogP) is 2.65. The van der Waals surface area contributed by atoms with E-state index in [2.05, 4.69) is 0 Å². The van der Waals surface area contributed by atoms with E-state index in [1.54, 1.807) is 24.3 Å². The van der Waals surface area contributed by atoms with Crippen LogP contribution in [0.2, 0.25) is 0 Å². The van der Waals surface area contributed by atoms with E-state index < -0.39 is 4.92 Å². The molecule has 0 spiro atoms. The van der Waals surface area contributed by atoms with Crippen molar-refractivity contribution in [1.29, 1.82) is 0 Å². The maximum atomic E-state index is 12.3. The lowest BCUT2D eigenvalue weighted by atomic mass is 10.0. The number of carbonyl (C=O) groups excluding carboxylic acids is 2. The summed E-state index contributed by atoms with van der Waals surface area (Å²) in [6.45, 7) is 0. The smallest absolute Gasteiger partial charge is 0.279 e. The van der Waals surface area contributed by atoms with Crippen LogP contribution < -0.4 is 4.74 Å². The molecule has 6 nitrogen and oxygen atoms in total. The van der Waals surface area contributed by atoms with Gasteiger partial charge in [-0.2, -0.15) is 0 Å². The highest BCUT2D eigenvalue weighted by Crippen LogP contribution is 2.21. The van der Waals surface area contributed by atoms with Crippen LogP contribution in [0.25, 0.3) is 0 Å². The largest absolute Gasteiger partial charge is 0.497 e. The summed E-state index contributed by atoms with van der Waals surface area (Å²) in [6.07, 6.45) is 0.362. The van der Waals surface area contributed by atoms with Crippen LogP contribution in [0.3, 0.4) is 0 Å². The van der Waals surface area contributed by atoms with Gasteiger partial charge in [-0.3, -0.25) is 19.7 Å². The monoisotopic (exact) mass is 285 g/mol. The zero-order chi connectivity index (χ0) is 15.4. The number of benzene rings is 2. The molecule has 0 saturated carbocycles. The highest BCUT2D eigenvalue weighted by molar-refractivity contribution is 6.10. The number of ether oxygens (including phenoxy) is 1. The lowest BCUT2D eigenvalue weighted by Crippen LogP contribution is -2.04. The highest BCUT2D eigenvalue weighted by Gasteiger charge is 2.17. The Labute approximate surface area is 120 Å². The molecule has 2 aromatic carbocycles. The number of carbonyl (C=O) groups is 2. The molecule has 0 bridgehead atoms. The van der Waals surface area contributed by atoms with Gasteiger partial charge in [-0.25, -0.2) is 0 Å². The van der Waals surface area contributed by atoms with Crippen molar-refractivity contribution >= 4 is 17.8 Å². The number of aldehydes is 1. The first-order chi connectivity index (χ1) is 10.1. The van der Waals surface area contributed by atoms with E-state index in [-0.39, 0.29) is 22.6 Å². The van der Waals surface area contributed by atoms with Gasteiger partial charge in [-0.1, -0.05) is 12.1 Å². The SMILES string of the molecule is COc1cccc(C(=O)c2ccc([N+](=O)[O-])c(C=O)c2)c1. The third kappa shape index (κ3) is 2.94. The van der Waals surface area contributed by atoms with Crippen LogP contribution in [0.15, 0.2) is 42.5 Å². The molecule has 0 aliphatic rings. The lowest BCUT2D eigenvalue weighted by molar-refractivity contribution is -0.385. The van der Waals surface area contributed by atoms with Crippen molar-refractivity contribution in [3.63, 3.8) is 0 Å². The molecule has 0 unspecified atom stereocenters. The zero-order valence-electron chi connectivity index (χ0n) is 11.1. The summed E-state index contributed by atoms with van der Waals surface area (Å²) in [6, 6.07) is 10.2. The number of hydrogen-bond donors (Lipinski definition) is 0. The molecule has 0 fully saturated rings. The van der Waals surface area contributed by atoms with Crippen molar-refractivity contribution in [2.75, 3.05) is 7.11 Å². The number of nitrogens with zero attached hydrogens (tertiary/aromatic N) is 1. The van der Waals surface area contributed by atoms with Crippen LogP contribution in [0.4, 0.5) is 5.69 Å². The van der Waals surface area contributed by atoms with E-state index in [9.17, 15) is 19.7 Å². The first kappa shape index (κ1) is 14.4. The second-order valence-electron chi connectivity index (χ2n) is 4.21. The van der Waals surface area contributed by atoms with Crippen LogP contribution in [-0.4, -0.2) is 24.1 Å². The lowest BCUT2D eigenvalue weighted by Gasteiger charge is -2.05. The normalized spacial score (nSPS) is 9.95. The van der Waals surface area contributed by atoms with Gasteiger partial charge in [0.1, 0.15) is 5.75 Å². The molecule has 106 valence electrons. The van der Waals surface area contributed by atoms with E-state index >= 15 is 0 Å². The van der Waals surface area contributed by atoms with E-state index in [0.717, 1.165) is 6.07 Å². The summed E-state index contributed by atoms with van der Waals surface area (Å²) in [7, 11) is 1.49. The first-order valence-electron chi connectivity index (χ1n) is 5.99. The maximum absolute atomic E-state index is 12.3. The van der Waals surface area contributed by atoms with Crippen molar-refractivity contribution in [3.05, 3.63) is 69.3 Å². The number of nitro benzene ring substituents is 1. The summed E-state index contributed by atoms with van der Waals surface area (Å²) in [5, 5.41) is 10.8. The quantitative estimate of drug-likeness (QED) is 0.365. The van der Waals surface area contributed by atoms with E-state index in [1.807, 2.05) is 0 Å². The van der Waals surface area contributed by atoms with Crippen molar-refractivity contribution in [3.8, 4) is 5.75 Å². The van der Waals surface area contributed by atoms with Gasteiger partial charge in [0.25, 0.3) is 5.69 Å². The third-order valence-corrected chi connectivity index (χ3v) is 2.95. The molecule has 2 rings (SSSR count). The number of nitro groups is 1. The minimum absolute atomic E-state index is 0.131. The molecular formula is C15H11NO5. The Hall–Kier alpha value is -3.02. The average molecular weight is 285 g/mol. The summed E-state index contributed by atoms with van der Waals surface area (Å²) in [4.78, 5) is 33.3. The summed E-state index contributed by atoms with van der Waals surface area (Å²) in [5.74, 6) is 0.185. The molecule has 2 aromatic rings. The Bertz CT molecular complexity index is 724. The highest BCUT2D eigenvalue weighted by atomic mass is 16.6. The van der Waals surface area contributed by atoms with Gasteiger partial charge in [0.15, 0.2) is 12.1 Å². The van der Waals surface area contributed by atoms with Crippen LogP contribution in [0, 0.1) is 10.1 Å². The van der Waals surface area contributed by atoms with Crippen LogP contribution in [-0.2, 0) is 0 Å². The predicted molar refractivity (Wildman–Crippen MR) is 74.9 cm³/mol. The van der Waals surface area contributed by atoms with Gasteiger partial charge >= 0.3 is 0 Å². The van der Waals surface area contributed by atoms with Gasteiger partial charge in [0.05, 0.1) is 17.6 Å². The molecule has 21 heavy (non-hydrogen) atoms. The van der Waals surface area contributed by atoms with Crippen molar-refractivity contribution in [2.24, 2.45) is 0 Å². The molecule has 6 heteroatoms. The first-order valence-corrected chi connectivity index (χ1v) is 5.99. The van der Waals surface area contributed by atoms with Crippen LogP contribution in [0.5, 0.6) is 5.75 Å². The molecule has 0 aliphatic carbocycles. The zero-order valence-corrected chi connectivity index (χ0v) is 11.1. The van der Waals surface area contributed by atoms with Crippen LogP contribution in [0.1, 0.15) is 26.3 Å². The maximum Gasteiger partial charge on any atom is 0.279 e. The Kier molecular flexibility index (Phi) is 4.08. The fraction of sp³-hybridized carbons (Fsp3) is 0.0667. The second kappa shape index (κ2) is 5.96. The van der Waals surface area contributed by atoms with Gasteiger partial charge < -0.3 is 4.74 Å². The number of hydrogen-bond acceptors (Lipinski definition) is 5. The Balaban J connectivity index is 2.43. The second-order valence-corrected chi connectivity index (χ2v) is 4.21. The van der Waals surface area contributed by atoms with Crippen molar-refractivity contribution in [2.45, 2.75) is 0 Å². The van der Waals surface area contributed by atoms with Crippen molar-refractivity contribution < 1.29 is 19.2 Å². The standard InChI is InChI=1S/C15H11NO5/c1-21-13-4-2-3-10(8-13)15(18)11-5-6-14(16(19)20)12(7-11)9-17/h2-9H,1H3. The molecule has 0 atom stereocenters. The average Bonchev–Trinajstić information content (AvgIpc) is 2.53. The molecule has 0 aromatic heterocycles. The minimum atomic E-state index is -0.663. The molecule has 0 aliphatic heterocycles. The van der Waals surface area contributed by atoms with Gasteiger partial charge in [-0.05, 0) is 24.3 Å². The molecule has 0 amide bonds. The van der Waals surface area contributed by atoms with Gasteiger partial charge in [0.2, 0.25) is 0 Å². The third-order valence-electron chi connectivity index (χ3n) is 2.95. The fourth-order valence-electron chi connectivity index (χ4n) is 1.89. The Morgan fingerprint density at radius 2 is 1.90 bits per heavy atom.